The Morgan fingerprint density at radius 3 is 2.64 bits per heavy atom. The van der Waals surface area contributed by atoms with Crippen molar-refractivity contribution in [2.24, 2.45) is 0 Å². The van der Waals surface area contributed by atoms with E-state index in [0.717, 1.165) is 43.4 Å². The Balaban J connectivity index is 1.26. The first-order chi connectivity index (χ1) is 12.2. The fraction of sp³-hybridized carbons (Fsp3) is 0.474. The Labute approximate surface area is 151 Å². The van der Waals surface area contributed by atoms with Crippen molar-refractivity contribution in [2.45, 2.75) is 32.2 Å². The van der Waals surface area contributed by atoms with E-state index in [1.165, 1.54) is 29.9 Å². The number of anilines is 1. The molecule has 0 spiro atoms. The molecule has 1 aliphatic carbocycles. The Kier molecular flexibility index (Phi) is 3.75. The lowest BCUT2D eigenvalue weighted by Crippen LogP contribution is -2.46. The van der Waals surface area contributed by atoms with Crippen molar-refractivity contribution in [1.82, 2.24) is 19.3 Å². The molecule has 1 saturated heterocycles. The van der Waals surface area contributed by atoms with Crippen LogP contribution in [-0.2, 0) is 6.54 Å². The minimum absolute atomic E-state index is 0.709. The number of rotatable bonds is 4. The quantitative estimate of drug-likeness (QED) is 0.721. The largest absolute Gasteiger partial charge is 0.368 e. The Bertz CT molecular complexity index is 886. The van der Waals surface area contributed by atoms with Gasteiger partial charge in [-0.05, 0) is 31.9 Å². The predicted octanol–water partition coefficient (Wildman–Crippen LogP) is 3.30. The number of aryl methyl sites for hydroxylation is 1. The molecule has 5 rings (SSSR count). The van der Waals surface area contributed by atoms with Gasteiger partial charge < -0.3 is 9.30 Å². The molecule has 1 saturated carbocycles. The lowest BCUT2D eigenvalue weighted by Gasteiger charge is -2.35. The molecule has 130 valence electrons. The number of hydrogen-bond acceptors (Lipinski definition) is 5. The van der Waals surface area contributed by atoms with Gasteiger partial charge in [0.1, 0.15) is 5.65 Å². The van der Waals surface area contributed by atoms with Gasteiger partial charge in [-0.1, -0.05) is 0 Å². The average Bonchev–Trinajstić information content (AvgIpc) is 3.27. The van der Waals surface area contributed by atoms with Crippen LogP contribution in [0.3, 0.4) is 0 Å². The summed E-state index contributed by atoms with van der Waals surface area (Å²) in [6.45, 7) is 7.37. The van der Waals surface area contributed by atoms with Crippen molar-refractivity contribution in [3.8, 4) is 0 Å². The number of nitrogens with zero attached hydrogens (tertiary/aromatic N) is 5. The van der Waals surface area contributed by atoms with Gasteiger partial charge in [-0.25, -0.2) is 9.97 Å². The number of pyridine rings is 1. The second-order valence-corrected chi connectivity index (χ2v) is 8.28. The monoisotopic (exact) mass is 353 g/mol. The van der Waals surface area contributed by atoms with E-state index in [0.29, 0.717) is 5.92 Å². The van der Waals surface area contributed by atoms with Crippen molar-refractivity contribution in [3.63, 3.8) is 0 Å². The lowest BCUT2D eigenvalue weighted by molar-refractivity contribution is 0.247. The highest BCUT2D eigenvalue weighted by molar-refractivity contribution is 7.09. The molecule has 0 atom stereocenters. The molecule has 0 unspecified atom stereocenters. The van der Waals surface area contributed by atoms with Gasteiger partial charge in [-0.3, -0.25) is 4.90 Å². The molecule has 6 heteroatoms. The van der Waals surface area contributed by atoms with Crippen LogP contribution >= 0.6 is 11.3 Å². The fourth-order valence-corrected chi connectivity index (χ4v) is 4.24. The molecule has 0 radical (unpaired) electrons. The number of hydrogen-bond donors (Lipinski definition) is 0. The second-order valence-electron chi connectivity index (χ2n) is 7.21. The number of fused-ring (bicyclic) bond motifs is 1. The first-order valence-electron chi connectivity index (χ1n) is 9.11. The topological polar surface area (TPSA) is 36.7 Å². The van der Waals surface area contributed by atoms with Crippen LogP contribution in [-0.4, -0.2) is 45.4 Å². The van der Waals surface area contributed by atoms with E-state index in [1.807, 2.05) is 0 Å². The van der Waals surface area contributed by atoms with Crippen molar-refractivity contribution < 1.29 is 0 Å². The zero-order valence-electron chi connectivity index (χ0n) is 14.6. The summed E-state index contributed by atoms with van der Waals surface area (Å²) in [5, 5.41) is 3.35. The number of thiazole rings is 1. The minimum atomic E-state index is 0.709. The lowest BCUT2D eigenvalue weighted by atomic mass is 10.2. The summed E-state index contributed by atoms with van der Waals surface area (Å²) in [5.74, 6) is 0.709. The predicted molar refractivity (Wildman–Crippen MR) is 102 cm³/mol. The van der Waals surface area contributed by atoms with Crippen LogP contribution in [0.1, 0.15) is 35.2 Å². The van der Waals surface area contributed by atoms with Crippen LogP contribution in [0.5, 0.6) is 0 Å². The maximum Gasteiger partial charge on any atom is 0.137 e. The Morgan fingerprint density at radius 2 is 1.92 bits per heavy atom. The van der Waals surface area contributed by atoms with Crippen LogP contribution in [0.2, 0.25) is 0 Å². The summed E-state index contributed by atoms with van der Waals surface area (Å²) in [6, 6.07) is 4.38. The summed E-state index contributed by atoms with van der Waals surface area (Å²) < 4.78 is 2.20. The van der Waals surface area contributed by atoms with Crippen LogP contribution in [0.4, 0.5) is 5.69 Å². The van der Waals surface area contributed by atoms with E-state index >= 15 is 0 Å². The number of aromatic nitrogens is 3. The zero-order chi connectivity index (χ0) is 16.8. The van der Waals surface area contributed by atoms with E-state index < -0.39 is 0 Å². The third kappa shape index (κ3) is 3.16. The first-order valence-corrected chi connectivity index (χ1v) is 9.99. The summed E-state index contributed by atoms with van der Waals surface area (Å²) in [7, 11) is 0. The van der Waals surface area contributed by atoms with E-state index in [4.69, 9.17) is 4.98 Å². The third-order valence-electron chi connectivity index (χ3n) is 5.24. The summed E-state index contributed by atoms with van der Waals surface area (Å²) in [4.78, 5) is 14.3. The molecule has 3 aromatic heterocycles. The molecule has 0 amide bonds. The van der Waals surface area contributed by atoms with Gasteiger partial charge in [-0.15, -0.1) is 11.3 Å². The fourth-order valence-electron chi connectivity index (χ4n) is 3.64. The molecule has 1 aliphatic heterocycles. The maximum absolute atomic E-state index is 4.75. The van der Waals surface area contributed by atoms with Gasteiger partial charge in [0.2, 0.25) is 0 Å². The van der Waals surface area contributed by atoms with Crippen molar-refractivity contribution in [3.05, 3.63) is 46.3 Å². The average molecular weight is 353 g/mol. The molecule has 0 aromatic carbocycles. The Morgan fingerprint density at radius 1 is 1.08 bits per heavy atom. The molecular formula is C19H23N5S. The molecule has 0 bridgehead atoms. The van der Waals surface area contributed by atoms with Crippen LogP contribution in [0.25, 0.3) is 5.65 Å². The molecule has 25 heavy (non-hydrogen) atoms. The molecule has 0 N–H and O–H groups in total. The zero-order valence-corrected chi connectivity index (χ0v) is 15.4. The summed E-state index contributed by atoms with van der Waals surface area (Å²) in [6.07, 6.45) is 7.07. The Hall–Kier alpha value is -1.92. The van der Waals surface area contributed by atoms with Crippen molar-refractivity contribution >= 4 is 22.7 Å². The molecule has 4 heterocycles. The third-order valence-corrected chi connectivity index (χ3v) is 6.06. The highest BCUT2D eigenvalue weighted by atomic mass is 32.1. The number of imidazole rings is 1. The van der Waals surface area contributed by atoms with Gasteiger partial charge in [0.25, 0.3) is 0 Å². The number of piperazine rings is 1. The van der Waals surface area contributed by atoms with Gasteiger partial charge in [0, 0.05) is 56.4 Å². The first kappa shape index (κ1) is 15.3. The van der Waals surface area contributed by atoms with E-state index in [1.54, 1.807) is 11.3 Å². The maximum atomic E-state index is 4.75. The van der Waals surface area contributed by atoms with Gasteiger partial charge >= 0.3 is 0 Å². The highest BCUT2D eigenvalue weighted by Crippen LogP contribution is 2.39. The highest BCUT2D eigenvalue weighted by Gasteiger charge is 2.26. The normalized spacial score (nSPS) is 19.0. The van der Waals surface area contributed by atoms with E-state index in [2.05, 4.69) is 56.0 Å². The van der Waals surface area contributed by atoms with Crippen LogP contribution in [0.15, 0.2) is 29.9 Å². The summed E-state index contributed by atoms with van der Waals surface area (Å²) >= 11 is 1.74. The SMILES string of the molecule is Cc1nc(CN2CCN(c3ccc4nc(C5CC5)cn4c3)CC2)cs1. The standard InChI is InChI=1S/C19H23N5S/c1-14-20-16(13-25-14)10-22-6-8-23(9-7-22)17-4-5-19-21-18(15-2-3-15)12-24(19)11-17/h4-5,11-13,15H,2-3,6-10H2,1H3. The van der Waals surface area contributed by atoms with E-state index in [-0.39, 0.29) is 0 Å². The molecule has 2 fully saturated rings. The molecule has 3 aromatic rings. The molecule has 5 nitrogen and oxygen atoms in total. The minimum Gasteiger partial charge on any atom is -0.368 e. The van der Waals surface area contributed by atoms with Crippen LogP contribution in [0, 0.1) is 6.92 Å². The van der Waals surface area contributed by atoms with Gasteiger partial charge in [0.15, 0.2) is 0 Å². The molecule has 2 aliphatic rings. The van der Waals surface area contributed by atoms with Gasteiger partial charge in [0.05, 0.1) is 22.1 Å². The second kappa shape index (κ2) is 6.11. The van der Waals surface area contributed by atoms with E-state index in [9.17, 15) is 0 Å². The van der Waals surface area contributed by atoms with Crippen molar-refractivity contribution in [2.75, 3.05) is 31.1 Å². The smallest absolute Gasteiger partial charge is 0.137 e. The van der Waals surface area contributed by atoms with Crippen LogP contribution < -0.4 is 4.90 Å². The molecular weight excluding hydrogens is 330 g/mol. The van der Waals surface area contributed by atoms with Gasteiger partial charge in [-0.2, -0.15) is 0 Å². The summed E-state index contributed by atoms with van der Waals surface area (Å²) in [5.41, 5.74) is 4.85. The van der Waals surface area contributed by atoms with Crippen molar-refractivity contribution in [1.29, 1.82) is 0 Å².